The van der Waals surface area contributed by atoms with Gasteiger partial charge in [0.2, 0.25) is 0 Å². The minimum Gasteiger partial charge on any atom is -0.489 e. The summed E-state index contributed by atoms with van der Waals surface area (Å²) in [7, 11) is 0. The van der Waals surface area contributed by atoms with Gasteiger partial charge in [-0.3, -0.25) is 9.59 Å². The summed E-state index contributed by atoms with van der Waals surface area (Å²) in [5, 5.41) is 3.92. The normalized spacial score (nSPS) is 16.0. The highest BCUT2D eigenvalue weighted by Gasteiger charge is 2.23. The summed E-state index contributed by atoms with van der Waals surface area (Å²) in [6, 6.07) is 11.9. The Labute approximate surface area is 186 Å². The van der Waals surface area contributed by atoms with Crippen molar-refractivity contribution in [3.8, 4) is 17.1 Å². The number of fused-ring (bicyclic) bond motifs is 1. The van der Waals surface area contributed by atoms with Gasteiger partial charge in [-0.25, -0.2) is 0 Å². The Balaban J connectivity index is 1.54. The fourth-order valence-electron chi connectivity index (χ4n) is 3.36. The SMILES string of the molecule is O=C(OCCOc1cc(Br)ccc1-c1cc(=O)c2cccc(Cl)c2o1)[C@@H]1CCNC1. The van der Waals surface area contributed by atoms with E-state index in [4.69, 9.17) is 25.5 Å². The van der Waals surface area contributed by atoms with Gasteiger partial charge < -0.3 is 19.2 Å². The Morgan fingerprint density at radius 1 is 1.23 bits per heavy atom. The summed E-state index contributed by atoms with van der Waals surface area (Å²) in [5.74, 6) is 0.533. The highest BCUT2D eigenvalue weighted by Crippen LogP contribution is 2.34. The van der Waals surface area contributed by atoms with Crippen LogP contribution < -0.4 is 15.5 Å². The van der Waals surface area contributed by atoms with Crippen LogP contribution in [0.25, 0.3) is 22.3 Å². The molecule has 1 saturated heterocycles. The van der Waals surface area contributed by atoms with Crippen molar-refractivity contribution >= 4 is 44.5 Å². The van der Waals surface area contributed by atoms with Crippen LogP contribution in [0.15, 0.2) is 56.1 Å². The Morgan fingerprint density at radius 3 is 2.90 bits per heavy atom. The van der Waals surface area contributed by atoms with Crippen LogP contribution in [0, 0.1) is 5.92 Å². The number of rotatable bonds is 6. The van der Waals surface area contributed by atoms with Gasteiger partial charge in [0.05, 0.1) is 21.9 Å². The first-order valence-corrected chi connectivity index (χ1v) is 10.7. The van der Waals surface area contributed by atoms with E-state index in [2.05, 4.69) is 21.2 Å². The number of carbonyl (C=O) groups is 1. The monoisotopic (exact) mass is 491 g/mol. The Hall–Kier alpha value is -2.35. The zero-order valence-corrected chi connectivity index (χ0v) is 18.3. The van der Waals surface area contributed by atoms with Crippen LogP contribution in [0.3, 0.4) is 0 Å². The van der Waals surface area contributed by atoms with Crippen molar-refractivity contribution in [2.45, 2.75) is 6.42 Å². The van der Waals surface area contributed by atoms with E-state index in [0.717, 1.165) is 17.4 Å². The second kappa shape index (κ2) is 9.20. The molecule has 0 unspecified atom stereocenters. The molecule has 0 bridgehead atoms. The van der Waals surface area contributed by atoms with E-state index in [1.54, 1.807) is 30.3 Å². The molecule has 30 heavy (non-hydrogen) atoms. The van der Waals surface area contributed by atoms with Crippen LogP contribution in [0.2, 0.25) is 5.02 Å². The predicted molar refractivity (Wildman–Crippen MR) is 118 cm³/mol. The Morgan fingerprint density at radius 2 is 2.10 bits per heavy atom. The second-order valence-corrected chi connectivity index (χ2v) is 8.26. The first kappa shape index (κ1) is 20.9. The molecule has 0 spiro atoms. The third-order valence-electron chi connectivity index (χ3n) is 4.89. The van der Waals surface area contributed by atoms with E-state index in [9.17, 15) is 9.59 Å². The van der Waals surface area contributed by atoms with Crippen molar-refractivity contribution in [2.24, 2.45) is 5.92 Å². The van der Waals surface area contributed by atoms with Gasteiger partial charge >= 0.3 is 5.97 Å². The maximum atomic E-state index is 12.5. The van der Waals surface area contributed by atoms with Gasteiger partial charge in [-0.05, 0) is 43.3 Å². The van der Waals surface area contributed by atoms with E-state index >= 15 is 0 Å². The predicted octanol–water partition coefficient (Wildman–Crippen LogP) is 4.41. The minimum atomic E-state index is -0.215. The number of nitrogens with one attached hydrogen (secondary N) is 1. The van der Waals surface area contributed by atoms with Gasteiger partial charge in [0.25, 0.3) is 0 Å². The van der Waals surface area contributed by atoms with Crippen molar-refractivity contribution in [1.29, 1.82) is 0 Å². The van der Waals surface area contributed by atoms with E-state index in [-0.39, 0.29) is 30.5 Å². The number of halogens is 2. The van der Waals surface area contributed by atoms with Gasteiger partial charge in [0.15, 0.2) is 11.0 Å². The minimum absolute atomic E-state index is 0.0944. The lowest BCUT2D eigenvalue weighted by Crippen LogP contribution is -2.22. The third kappa shape index (κ3) is 4.53. The smallest absolute Gasteiger partial charge is 0.310 e. The number of carbonyl (C=O) groups excluding carboxylic acids is 1. The Bertz CT molecular complexity index is 1140. The lowest BCUT2D eigenvalue weighted by atomic mass is 10.1. The van der Waals surface area contributed by atoms with E-state index < -0.39 is 0 Å². The molecule has 2 heterocycles. The largest absolute Gasteiger partial charge is 0.489 e. The molecule has 3 aromatic rings. The Kier molecular flexibility index (Phi) is 6.41. The van der Waals surface area contributed by atoms with Crippen molar-refractivity contribution in [2.75, 3.05) is 26.3 Å². The molecule has 1 aliphatic heterocycles. The molecule has 1 fully saturated rings. The van der Waals surface area contributed by atoms with Gasteiger partial charge in [0.1, 0.15) is 24.7 Å². The van der Waals surface area contributed by atoms with Gasteiger partial charge in [0, 0.05) is 17.1 Å². The van der Waals surface area contributed by atoms with Crippen LogP contribution >= 0.6 is 27.5 Å². The van der Waals surface area contributed by atoms with Crippen LogP contribution in [-0.4, -0.2) is 32.3 Å². The summed E-state index contributed by atoms with van der Waals surface area (Å²) in [6.07, 6.45) is 0.791. The fraction of sp³-hybridized carbons (Fsp3) is 0.273. The number of para-hydroxylation sites is 1. The number of benzene rings is 2. The van der Waals surface area contributed by atoms with Gasteiger partial charge in [-0.15, -0.1) is 0 Å². The summed E-state index contributed by atoms with van der Waals surface area (Å²) >= 11 is 9.64. The van der Waals surface area contributed by atoms with Crippen molar-refractivity contribution < 1.29 is 18.7 Å². The molecule has 4 rings (SSSR count). The zero-order valence-electron chi connectivity index (χ0n) is 16.0. The average Bonchev–Trinajstić information content (AvgIpc) is 3.27. The number of hydrogen-bond donors (Lipinski definition) is 1. The topological polar surface area (TPSA) is 77.8 Å². The lowest BCUT2D eigenvalue weighted by molar-refractivity contribution is -0.148. The van der Waals surface area contributed by atoms with E-state index in [1.165, 1.54) is 6.07 Å². The summed E-state index contributed by atoms with van der Waals surface area (Å²) in [4.78, 5) is 24.5. The summed E-state index contributed by atoms with van der Waals surface area (Å²) in [5.41, 5.74) is 0.736. The molecule has 1 N–H and O–H groups in total. The highest BCUT2D eigenvalue weighted by atomic mass is 79.9. The fourth-order valence-corrected chi connectivity index (χ4v) is 3.92. The summed E-state index contributed by atoms with van der Waals surface area (Å²) in [6.45, 7) is 1.79. The van der Waals surface area contributed by atoms with Crippen molar-refractivity contribution in [1.82, 2.24) is 5.32 Å². The quantitative estimate of drug-likeness (QED) is 0.406. The molecule has 0 saturated carbocycles. The molecular weight excluding hydrogens is 474 g/mol. The van der Waals surface area contributed by atoms with E-state index in [0.29, 0.717) is 39.6 Å². The number of esters is 1. The molecule has 1 aliphatic rings. The lowest BCUT2D eigenvalue weighted by Gasteiger charge is -2.13. The number of ether oxygens (including phenoxy) is 2. The first-order valence-electron chi connectivity index (χ1n) is 9.55. The van der Waals surface area contributed by atoms with Crippen LogP contribution in [0.4, 0.5) is 0 Å². The maximum Gasteiger partial charge on any atom is 0.310 e. The standard InChI is InChI=1S/C22H19BrClNO5/c23-14-4-5-16(20-11-18(26)15-2-1-3-17(24)21(15)30-20)19(10-14)28-8-9-29-22(27)13-6-7-25-12-13/h1-5,10-11,13,25H,6-9,12H2/t13-/m1/s1. The van der Waals surface area contributed by atoms with Crippen LogP contribution in [0.1, 0.15) is 6.42 Å². The maximum absolute atomic E-state index is 12.5. The third-order valence-corrected chi connectivity index (χ3v) is 5.69. The van der Waals surface area contributed by atoms with Crippen molar-refractivity contribution in [3.63, 3.8) is 0 Å². The molecule has 1 aromatic heterocycles. The summed E-state index contributed by atoms with van der Waals surface area (Å²) < 4.78 is 17.9. The zero-order chi connectivity index (χ0) is 21.1. The van der Waals surface area contributed by atoms with E-state index in [1.807, 2.05) is 6.07 Å². The molecule has 6 nitrogen and oxygen atoms in total. The molecule has 0 amide bonds. The molecule has 1 atom stereocenters. The van der Waals surface area contributed by atoms with Gasteiger partial charge in [-0.2, -0.15) is 0 Å². The average molecular weight is 493 g/mol. The van der Waals surface area contributed by atoms with Crippen molar-refractivity contribution in [3.05, 3.63) is 62.2 Å². The van der Waals surface area contributed by atoms with Crippen LogP contribution in [0.5, 0.6) is 5.75 Å². The molecular formula is C22H19BrClNO5. The first-order chi connectivity index (χ1) is 14.5. The number of hydrogen-bond acceptors (Lipinski definition) is 6. The molecule has 0 radical (unpaired) electrons. The highest BCUT2D eigenvalue weighted by molar-refractivity contribution is 9.10. The second-order valence-electron chi connectivity index (χ2n) is 6.94. The van der Waals surface area contributed by atoms with Crippen LogP contribution in [-0.2, 0) is 9.53 Å². The molecule has 0 aliphatic carbocycles. The molecule has 156 valence electrons. The van der Waals surface area contributed by atoms with Gasteiger partial charge in [-0.1, -0.05) is 33.6 Å². The molecule has 8 heteroatoms. The molecule has 2 aromatic carbocycles.